The van der Waals surface area contributed by atoms with Crippen molar-refractivity contribution in [2.75, 3.05) is 0 Å². The van der Waals surface area contributed by atoms with Gasteiger partial charge >= 0.3 is 5.97 Å². The first kappa shape index (κ1) is 9.03. The molecule has 4 heteroatoms. The zero-order valence-electron chi connectivity index (χ0n) is 7.29. The molecule has 0 radical (unpaired) electrons. The lowest BCUT2D eigenvalue weighted by Gasteiger charge is -2.18. The fraction of sp³-hybridized carbons (Fsp3) is 0.750. The van der Waals surface area contributed by atoms with E-state index in [2.05, 4.69) is 5.32 Å². The highest BCUT2D eigenvalue weighted by Crippen LogP contribution is 2.16. The number of hydrogen-bond acceptors (Lipinski definition) is 3. The van der Waals surface area contributed by atoms with Crippen molar-refractivity contribution in [2.45, 2.75) is 38.8 Å². The summed E-state index contributed by atoms with van der Waals surface area (Å²) in [5, 5.41) is 2.69. The largest absolute Gasteiger partial charge is 0.460 e. The quantitative estimate of drug-likeness (QED) is 0.604. The summed E-state index contributed by atoms with van der Waals surface area (Å²) in [6, 6.07) is -0.0750. The highest BCUT2D eigenvalue weighted by atomic mass is 16.5. The molecule has 1 rings (SSSR count). The van der Waals surface area contributed by atoms with Gasteiger partial charge in [0.25, 0.3) is 0 Å². The van der Waals surface area contributed by atoms with Gasteiger partial charge in [-0.3, -0.25) is 9.59 Å². The topological polar surface area (TPSA) is 55.4 Å². The van der Waals surface area contributed by atoms with Crippen LogP contribution in [0.3, 0.4) is 0 Å². The first-order chi connectivity index (χ1) is 5.59. The second kappa shape index (κ2) is 3.56. The summed E-state index contributed by atoms with van der Waals surface area (Å²) in [6.45, 7) is 3.29. The molecular weight excluding hydrogens is 158 g/mol. The van der Waals surface area contributed by atoms with Gasteiger partial charge in [0.1, 0.15) is 6.10 Å². The van der Waals surface area contributed by atoms with E-state index in [9.17, 15) is 9.59 Å². The Morgan fingerprint density at radius 1 is 1.75 bits per heavy atom. The molecule has 2 atom stereocenters. The molecular formula is C8H13NO3. The van der Waals surface area contributed by atoms with E-state index in [1.807, 2.05) is 6.92 Å². The van der Waals surface area contributed by atoms with Crippen LogP contribution in [0.2, 0.25) is 0 Å². The van der Waals surface area contributed by atoms with E-state index in [0.29, 0.717) is 12.8 Å². The molecule has 0 bridgehead atoms. The van der Waals surface area contributed by atoms with Gasteiger partial charge in [0, 0.05) is 13.3 Å². The second-order valence-electron chi connectivity index (χ2n) is 3.06. The zero-order valence-corrected chi connectivity index (χ0v) is 7.29. The minimum atomic E-state index is -0.169. The molecule has 0 aromatic carbocycles. The monoisotopic (exact) mass is 171 g/mol. The molecule has 0 saturated carbocycles. The summed E-state index contributed by atoms with van der Waals surface area (Å²) in [5.74, 6) is -0.261. The number of carbonyl (C=O) groups is 2. The molecule has 1 N–H and O–H groups in total. The van der Waals surface area contributed by atoms with Crippen LogP contribution in [0.4, 0.5) is 0 Å². The van der Waals surface area contributed by atoms with E-state index in [0.717, 1.165) is 0 Å². The van der Waals surface area contributed by atoms with Gasteiger partial charge in [-0.25, -0.2) is 0 Å². The molecule has 0 unspecified atom stereocenters. The van der Waals surface area contributed by atoms with Crippen LogP contribution in [-0.2, 0) is 14.3 Å². The van der Waals surface area contributed by atoms with E-state index >= 15 is 0 Å². The Morgan fingerprint density at radius 3 is 2.83 bits per heavy atom. The van der Waals surface area contributed by atoms with Gasteiger partial charge in [-0.05, 0) is 13.3 Å². The number of esters is 1. The van der Waals surface area contributed by atoms with Gasteiger partial charge in [-0.15, -0.1) is 0 Å². The Morgan fingerprint density at radius 2 is 2.42 bits per heavy atom. The van der Waals surface area contributed by atoms with Crippen LogP contribution >= 0.6 is 0 Å². The third-order valence-corrected chi connectivity index (χ3v) is 1.90. The normalized spacial score (nSPS) is 24.8. The number of carbonyl (C=O) groups excluding carboxylic acids is 2. The number of amides is 1. The van der Waals surface area contributed by atoms with Gasteiger partial charge in [0.05, 0.1) is 6.04 Å². The van der Waals surface area contributed by atoms with E-state index in [-0.39, 0.29) is 24.0 Å². The molecule has 1 saturated heterocycles. The molecule has 1 amide bonds. The minimum Gasteiger partial charge on any atom is -0.460 e. The first-order valence-corrected chi connectivity index (χ1v) is 4.06. The average molecular weight is 171 g/mol. The van der Waals surface area contributed by atoms with Crippen LogP contribution < -0.4 is 5.32 Å². The van der Waals surface area contributed by atoms with Crippen LogP contribution in [0.15, 0.2) is 0 Å². The standard InChI is InChI=1S/C8H13NO3/c1-5(9-6(2)10)7-3-4-8(11)12-7/h5,7H,3-4H2,1-2H3,(H,9,10)/t5-,7+/m0/s1. The van der Waals surface area contributed by atoms with Crippen molar-refractivity contribution in [1.82, 2.24) is 5.32 Å². The maximum Gasteiger partial charge on any atom is 0.306 e. The molecule has 4 nitrogen and oxygen atoms in total. The number of nitrogens with one attached hydrogen (secondary N) is 1. The number of cyclic esters (lactones) is 1. The van der Waals surface area contributed by atoms with Gasteiger partial charge in [0.2, 0.25) is 5.91 Å². The van der Waals surface area contributed by atoms with Gasteiger partial charge in [0.15, 0.2) is 0 Å². The van der Waals surface area contributed by atoms with Crippen molar-refractivity contribution >= 4 is 11.9 Å². The van der Waals surface area contributed by atoms with Crippen LogP contribution in [0.1, 0.15) is 26.7 Å². The van der Waals surface area contributed by atoms with Crippen molar-refractivity contribution in [3.8, 4) is 0 Å². The van der Waals surface area contributed by atoms with E-state index < -0.39 is 0 Å². The second-order valence-corrected chi connectivity index (χ2v) is 3.06. The van der Waals surface area contributed by atoms with Crippen LogP contribution in [0, 0.1) is 0 Å². The smallest absolute Gasteiger partial charge is 0.306 e. The highest BCUT2D eigenvalue weighted by Gasteiger charge is 2.28. The fourth-order valence-electron chi connectivity index (χ4n) is 1.31. The van der Waals surface area contributed by atoms with Crippen molar-refractivity contribution in [1.29, 1.82) is 0 Å². The molecule has 0 spiro atoms. The molecule has 1 aliphatic heterocycles. The van der Waals surface area contributed by atoms with Crippen LogP contribution in [-0.4, -0.2) is 24.0 Å². The molecule has 1 fully saturated rings. The van der Waals surface area contributed by atoms with E-state index in [1.54, 1.807) is 0 Å². The van der Waals surface area contributed by atoms with Crippen LogP contribution in [0.5, 0.6) is 0 Å². The Kier molecular flexibility index (Phi) is 2.68. The predicted molar refractivity (Wildman–Crippen MR) is 42.4 cm³/mol. The van der Waals surface area contributed by atoms with E-state index in [4.69, 9.17) is 4.74 Å². The molecule has 68 valence electrons. The van der Waals surface area contributed by atoms with Crippen LogP contribution in [0.25, 0.3) is 0 Å². The summed E-state index contributed by atoms with van der Waals surface area (Å²) in [5.41, 5.74) is 0. The molecule has 0 aliphatic carbocycles. The van der Waals surface area contributed by atoms with E-state index in [1.165, 1.54) is 6.92 Å². The Balaban J connectivity index is 2.37. The lowest BCUT2D eigenvalue weighted by Crippen LogP contribution is -2.39. The summed E-state index contributed by atoms with van der Waals surface area (Å²) in [7, 11) is 0. The van der Waals surface area contributed by atoms with Gasteiger partial charge in [-0.2, -0.15) is 0 Å². The number of hydrogen-bond donors (Lipinski definition) is 1. The predicted octanol–water partition coefficient (Wildman–Crippen LogP) is 0.217. The summed E-state index contributed by atoms with van der Waals surface area (Å²) < 4.78 is 4.97. The third-order valence-electron chi connectivity index (χ3n) is 1.90. The number of ether oxygens (including phenoxy) is 1. The number of rotatable bonds is 2. The van der Waals surface area contributed by atoms with Crippen molar-refractivity contribution in [3.63, 3.8) is 0 Å². The minimum absolute atomic E-state index is 0.0750. The molecule has 0 aromatic rings. The van der Waals surface area contributed by atoms with Crippen molar-refractivity contribution < 1.29 is 14.3 Å². The average Bonchev–Trinajstić information content (AvgIpc) is 2.34. The summed E-state index contributed by atoms with van der Waals surface area (Å²) >= 11 is 0. The molecule has 1 aliphatic rings. The maximum atomic E-state index is 10.7. The van der Waals surface area contributed by atoms with Gasteiger partial charge in [-0.1, -0.05) is 0 Å². The Bertz CT molecular complexity index is 202. The highest BCUT2D eigenvalue weighted by molar-refractivity contribution is 5.74. The SMILES string of the molecule is CC(=O)N[C@@H](C)[C@H]1CCC(=O)O1. The lowest BCUT2D eigenvalue weighted by atomic mass is 10.1. The molecule has 12 heavy (non-hydrogen) atoms. The zero-order chi connectivity index (χ0) is 9.14. The Hall–Kier alpha value is -1.06. The van der Waals surface area contributed by atoms with Crippen molar-refractivity contribution in [3.05, 3.63) is 0 Å². The fourth-order valence-corrected chi connectivity index (χ4v) is 1.31. The summed E-state index contributed by atoms with van der Waals surface area (Å²) in [4.78, 5) is 21.3. The maximum absolute atomic E-state index is 10.7. The van der Waals surface area contributed by atoms with Crippen molar-refractivity contribution in [2.24, 2.45) is 0 Å². The Labute approximate surface area is 71.3 Å². The summed E-state index contributed by atoms with van der Waals surface area (Å²) in [6.07, 6.45) is 1.04. The third kappa shape index (κ3) is 2.22. The first-order valence-electron chi connectivity index (χ1n) is 4.06. The molecule has 1 heterocycles. The van der Waals surface area contributed by atoms with Gasteiger partial charge < -0.3 is 10.1 Å². The lowest BCUT2D eigenvalue weighted by molar-refractivity contribution is -0.143. The molecule has 0 aromatic heterocycles.